The molecule has 0 aliphatic rings. The summed E-state index contributed by atoms with van der Waals surface area (Å²) in [4.78, 5) is 5.21. The lowest BCUT2D eigenvalue weighted by Crippen LogP contribution is -1.89. The van der Waals surface area contributed by atoms with E-state index in [4.69, 9.17) is 5.26 Å². The van der Waals surface area contributed by atoms with E-state index in [9.17, 15) is 0 Å². The highest BCUT2D eigenvalue weighted by Crippen LogP contribution is 2.30. The van der Waals surface area contributed by atoms with Gasteiger partial charge in [-0.15, -0.1) is 11.3 Å². The molecule has 0 fully saturated rings. The molecule has 0 aliphatic carbocycles. The lowest BCUT2D eigenvalue weighted by atomic mass is 10.3. The molecular formula is C9H6BrN3S. The highest BCUT2D eigenvalue weighted by Gasteiger charge is 2.11. The van der Waals surface area contributed by atoms with Gasteiger partial charge in [0.25, 0.3) is 0 Å². The minimum absolute atomic E-state index is 0.597. The van der Waals surface area contributed by atoms with Crippen molar-refractivity contribution >= 4 is 27.3 Å². The summed E-state index contributed by atoms with van der Waals surface area (Å²) in [5, 5.41) is 10.9. The molecule has 2 aromatic heterocycles. The number of aryl methyl sites for hydroxylation is 1. The fourth-order valence-corrected chi connectivity index (χ4v) is 2.60. The monoisotopic (exact) mass is 267 g/mol. The van der Waals surface area contributed by atoms with Crippen LogP contribution in [0.5, 0.6) is 0 Å². The van der Waals surface area contributed by atoms with E-state index in [1.165, 1.54) is 0 Å². The Kier molecular flexibility index (Phi) is 2.40. The molecule has 0 N–H and O–H groups in total. The number of thiophene rings is 1. The Morgan fingerprint density at radius 2 is 2.43 bits per heavy atom. The van der Waals surface area contributed by atoms with Crippen molar-refractivity contribution in [1.29, 1.82) is 5.26 Å². The first-order valence-electron chi connectivity index (χ1n) is 3.88. The third kappa shape index (κ3) is 1.47. The molecule has 0 atom stereocenters. The number of hydrogen-bond donors (Lipinski definition) is 0. The van der Waals surface area contributed by atoms with Gasteiger partial charge in [-0.2, -0.15) is 5.26 Å². The fourth-order valence-electron chi connectivity index (χ4n) is 1.18. The van der Waals surface area contributed by atoms with Crippen LogP contribution < -0.4 is 0 Å². The van der Waals surface area contributed by atoms with Crippen LogP contribution >= 0.6 is 27.3 Å². The van der Waals surface area contributed by atoms with Crippen LogP contribution in [0.15, 0.2) is 22.2 Å². The summed E-state index contributed by atoms with van der Waals surface area (Å²) >= 11 is 4.95. The van der Waals surface area contributed by atoms with Gasteiger partial charge in [0.2, 0.25) is 0 Å². The van der Waals surface area contributed by atoms with E-state index >= 15 is 0 Å². The van der Waals surface area contributed by atoms with Crippen molar-refractivity contribution in [2.75, 3.05) is 0 Å². The highest BCUT2D eigenvalue weighted by molar-refractivity contribution is 9.10. The van der Waals surface area contributed by atoms with Gasteiger partial charge in [0, 0.05) is 16.9 Å². The van der Waals surface area contributed by atoms with E-state index in [2.05, 4.69) is 27.0 Å². The van der Waals surface area contributed by atoms with E-state index in [0.717, 1.165) is 15.0 Å². The highest BCUT2D eigenvalue weighted by atomic mass is 79.9. The normalized spacial score (nSPS) is 10.1. The van der Waals surface area contributed by atoms with Crippen LogP contribution in [0.1, 0.15) is 5.69 Å². The molecule has 0 aromatic carbocycles. The van der Waals surface area contributed by atoms with Crippen LogP contribution in [0, 0.1) is 11.3 Å². The standard InChI is InChI=1S/C9H6BrN3S/c1-13-5-12-9(7(13)3-11)8-2-6(10)4-14-8/h2,4-5H,1H3. The van der Waals surface area contributed by atoms with Crippen molar-refractivity contribution in [2.24, 2.45) is 7.05 Å². The van der Waals surface area contributed by atoms with Crippen molar-refractivity contribution in [3.05, 3.63) is 27.9 Å². The molecule has 0 aliphatic heterocycles. The Bertz CT molecular complexity index is 506. The van der Waals surface area contributed by atoms with Gasteiger partial charge in [-0.25, -0.2) is 4.98 Å². The Morgan fingerprint density at radius 1 is 1.64 bits per heavy atom. The molecule has 2 aromatic rings. The summed E-state index contributed by atoms with van der Waals surface area (Å²) in [6.45, 7) is 0. The molecule has 0 radical (unpaired) electrons. The van der Waals surface area contributed by atoms with E-state index in [1.54, 1.807) is 22.2 Å². The summed E-state index contributed by atoms with van der Waals surface area (Å²) in [5.74, 6) is 0. The fraction of sp³-hybridized carbons (Fsp3) is 0.111. The Hall–Kier alpha value is -1.12. The number of nitrogens with zero attached hydrogens (tertiary/aromatic N) is 3. The van der Waals surface area contributed by atoms with Gasteiger partial charge in [0.15, 0.2) is 0 Å². The number of halogens is 1. The summed E-state index contributed by atoms with van der Waals surface area (Å²) in [6, 6.07) is 4.11. The van der Waals surface area contributed by atoms with Crippen LogP contribution in [-0.2, 0) is 7.05 Å². The van der Waals surface area contributed by atoms with Crippen LogP contribution in [-0.4, -0.2) is 9.55 Å². The number of aromatic nitrogens is 2. The van der Waals surface area contributed by atoms with Gasteiger partial charge in [-0.05, 0) is 22.0 Å². The topological polar surface area (TPSA) is 41.6 Å². The molecule has 0 bridgehead atoms. The van der Waals surface area contributed by atoms with Gasteiger partial charge in [0.05, 0.1) is 11.2 Å². The quantitative estimate of drug-likeness (QED) is 0.798. The van der Waals surface area contributed by atoms with Crippen LogP contribution in [0.3, 0.4) is 0 Å². The first-order chi connectivity index (χ1) is 6.72. The van der Waals surface area contributed by atoms with Crippen molar-refractivity contribution in [2.45, 2.75) is 0 Å². The van der Waals surface area contributed by atoms with Crippen LogP contribution in [0.25, 0.3) is 10.6 Å². The third-order valence-corrected chi connectivity index (χ3v) is 3.54. The second-order valence-corrected chi connectivity index (χ2v) is 4.62. The molecule has 0 unspecified atom stereocenters. The largest absolute Gasteiger partial charge is 0.325 e. The number of nitriles is 1. The predicted octanol–water partition coefficient (Wildman–Crippen LogP) is 2.78. The summed E-state index contributed by atoms with van der Waals surface area (Å²) in [7, 11) is 1.82. The van der Waals surface area contributed by atoms with Gasteiger partial charge in [0.1, 0.15) is 17.5 Å². The molecule has 2 heterocycles. The Labute approximate surface area is 93.8 Å². The summed E-state index contributed by atoms with van der Waals surface area (Å²) in [6.07, 6.45) is 1.65. The van der Waals surface area contributed by atoms with E-state index in [0.29, 0.717) is 5.69 Å². The molecule has 2 rings (SSSR count). The first-order valence-corrected chi connectivity index (χ1v) is 5.55. The number of imidazole rings is 1. The summed E-state index contributed by atoms with van der Waals surface area (Å²) < 4.78 is 2.75. The molecular weight excluding hydrogens is 262 g/mol. The average Bonchev–Trinajstić information content (AvgIpc) is 2.71. The maximum Gasteiger partial charge on any atom is 0.148 e. The van der Waals surface area contributed by atoms with E-state index < -0.39 is 0 Å². The smallest absolute Gasteiger partial charge is 0.148 e. The van der Waals surface area contributed by atoms with Crippen molar-refractivity contribution in [3.63, 3.8) is 0 Å². The Balaban J connectivity index is 2.58. The van der Waals surface area contributed by atoms with Crippen LogP contribution in [0.2, 0.25) is 0 Å². The molecule has 5 heteroatoms. The van der Waals surface area contributed by atoms with Crippen molar-refractivity contribution < 1.29 is 0 Å². The lowest BCUT2D eigenvalue weighted by molar-refractivity contribution is 0.897. The van der Waals surface area contributed by atoms with Gasteiger partial charge in [-0.1, -0.05) is 0 Å². The number of rotatable bonds is 1. The maximum atomic E-state index is 8.94. The molecule has 0 amide bonds. The SMILES string of the molecule is Cn1cnc(-c2cc(Br)cs2)c1C#N. The maximum absolute atomic E-state index is 8.94. The van der Waals surface area contributed by atoms with Gasteiger partial charge >= 0.3 is 0 Å². The van der Waals surface area contributed by atoms with Gasteiger partial charge in [-0.3, -0.25) is 0 Å². The zero-order valence-electron chi connectivity index (χ0n) is 7.36. The van der Waals surface area contributed by atoms with Crippen LogP contribution in [0.4, 0.5) is 0 Å². The summed E-state index contributed by atoms with van der Waals surface area (Å²) in [5.41, 5.74) is 1.35. The minimum atomic E-state index is 0.597. The molecule has 0 spiro atoms. The van der Waals surface area contributed by atoms with E-state index in [-0.39, 0.29) is 0 Å². The molecule has 0 saturated carbocycles. The molecule has 3 nitrogen and oxygen atoms in total. The predicted molar refractivity (Wildman–Crippen MR) is 58.9 cm³/mol. The first kappa shape index (κ1) is 9.44. The zero-order chi connectivity index (χ0) is 10.1. The second-order valence-electron chi connectivity index (χ2n) is 2.79. The molecule has 0 saturated heterocycles. The average molecular weight is 268 g/mol. The van der Waals surface area contributed by atoms with E-state index in [1.807, 2.05) is 18.5 Å². The number of hydrogen-bond acceptors (Lipinski definition) is 3. The Morgan fingerprint density at radius 3 is 3.00 bits per heavy atom. The van der Waals surface area contributed by atoms with Crippen molar-refractivity contribution in [1.82, 2.24) is 9.55 Å². The second kappa shape index (κ2) is 3.56. The van der Waals surface area contributed by atoms with Crippen molar-refractivity contribution in [3.8, 4) is 16.6 Å². The molecule has 70 valence electrons. The molecule has 14 heavy (non-hydrogen) atoms. The third-order valence-electron chi connectivity index (χ3n) is 1.84. The lowest BCUT2D eigenvalue weighted by Gasteiger charge is -1.92. The minimum Gasteiger partial charge on any atom is -0.325 e. The van der Waals surface area contributed by atoms with Gasteiger partial charge < -0.3 is 4.57 Å². The zero-order valence-corrected chi connectivity index (χ0v) is 9.76.